The van der Waals surface area contributed by atoms with Gasteiger partial charge in [-0.1, -0.05) is 25.0 Å². The van der Waals surface area contributed by atoms with Crippen molar-refractivity contribution < 1.29 is 28.7 Å². The topological polar surface area (TPSA) is 182 Å². The summed E-state index contributed by atoms with van der Waals surface area (Å²) < 4.78 is 7.01. The van der Waals surface area contributed by atoms with Crippen LogP contribution in [0.5, 0.6) is 0 Å². The molecule has 6 fully saturated rings. The number of rotatable bonds is 16. The molecule has 3 aromatic rings. The fourth-order valence-corrected chi connectivity index (χ4v) is 12.3. The number of carbonyl (C=O) groups is 5. The molecular weight excluding hydrogens is 913 g/mol. The fourth-order valence-electron chi connectivity index (χ4n) is 12.3. The number of imide groups is 1. The molecule has 72 heavy (non-hydrogen) atoms. The molecule has 1 aromatic carbocycles. The molecule has 4 saturated heterocycles. The molecule has 0 bridgehead atoms. The maximum atomic E-state index is 13.8. The van der Waals surface area contributed by atoms with Crippen LogP contribution in [0.25, 0.3) is 0 Å². The summed E-state index contributed by atoms with van der Waals surface area (Å²) in [5.74, 6) is 1.34. The normalized spacial score (nSPS) is 25.1. The van der Waals surface area contributed by atoms with Gasteiger partial charge in [-0.15, -0.1) is 0 Å². The molecule has 2 N–H and O–H groups in total. The Balaban J connectivity index is 0.622. The standard InChI is InChI=1S/C54H78N12O6/c1-4-72-53(71)47-36-55-54(58-43-35-56-60(2)37-43)59-49(47)57-42-14-18-45(19-15-42)64-31-33-66(34-32-64)51(69)41-10-8-40(9-11-41)50(68)65-25-22-38(23-26-65)7-5-6-24-62-27-29-63(30-28-62)44-16-12-39(13-17-44)46-20-21-48(67)61(3)52(46)70/h12-13,16-17,35-38,40-42,45-46H,4-11,14-15,18-34H2,1-3H3,(H2,55,57,58,59). The SMILES string of the molecule is CCOC(=O)c1cnc(Nc2cnn(C)c2)nc1NC1CCC(N2CCN(C(=O)C3CCC(C(=O)N4CCC(CCCCN5CCN(c6ccc(C7CCC(=O)N(C)C7=O)cc6)CC5)CC4)CC3)CC2)CC1. The van der Waals surface area contributed by atoms with Crippen LogP contribution in [0.15, 0.2) is 42.9 Å². The van der Waals surface area contributed by atoms with Gasteiger partial charge in [-0.25, -0.2) is 9.78 Å². The van der Waals surface area contributed by atoms with Crippen molar-refractivity contribution in [2.75, 3.05) is 101 Å². The summed E-state index contributed by atoms with van der Waals surface area (Å²) in [5.41, 5.74) is 3.27. The van der Waals surface area contributed by atoms with E-state index in [1.54, 1.807) is 24.9 Å². The number of piperidine rings is 2. The van der Waals surface area contributed by atoms with E-state index in [-0.39, 0.29) is 48.1 Å². The number of hydrogen-bond donors (Lipinski definition) is 2. The second-order valence-corrected chi connectivity index (χ2v) is 21.3. The Morgan fingerprint density at radius 3 is 2.04 bits per heavy atom. The summed E-state index contributed by atoms with van der Waals surface area (Å²) in [5, 5.41) is 10.9. The van der Waals surface area contributed by atoms with Crippen LogP contribution < -0.4 is 15.5 Å². The monoisotopic (exact) mass is 991 g/mol. The number of likely N-dealkylation sites (N-methyl/N-ethyl adjacent to an activating group) is 1. The lowest BCUT2D eigenvalue weighted by Gasteiger charge is -2.43. The number of amides is 4. The van der Waals surface area contributed by atoms with Crippen LogP contribution in [-0.2, 0) is 31.0 Å². The van der Waals surface area contributed by atoms with Crippen molar-refractivity contribution in [1.29, 1.82) is 0 Å². The van der Waals surface area contributed by atoms with E-state index in [1.807, 2.05) is 13.2 Å². The van der Waals surface area contributed by atoms with Gasteiger partial charge >= 0.3 is 5.97 Å². The molecule has 2 aliphatic carbocycles. The minimum Gasteiger partial charge on any atom is -0.462 e. The van der Waals surface area contributed by atoms with Crippen molar-refractivity contribution in [1.82, 2.24) is 44.2 Å². The van der Waals surface area contributed by atoms with Crippen molar-refractivity contribution in [3.8, 4) is 0 Å². The van der Waals surface area contributed by atoms with Gasteiger partial charge in [-0.3, -0.25) is 38.6 Å². The number of likely N-dealkylation sites (tertiary alicyclic amines) is 2. The summed E-state index contributed by atoms with van der Waals surface area (Å²) in [7, 11) is 3.43. The van der Waals surface area contributed by atoms with Crippen LogP contribution in [-0.4, -0.2) is 172 Å². The Bertz CT molecular complexity index is 2320. The number of anilines is 4. The number of nitrogens with one attached hydrogen (secondary N) is 2. The number of piperazine rings is 2. The van der Waals surface area contributed by atoms with Crippen LogP contribution in [0, 0.1) is 17.8 Å². The van der Waals surface area contributed by atoms with Gasteiger partial charge in [-0.2, -0.15) is 10.1 Å². The van der Waals surface area contributed by atoms with Gasteiger partial charge in [0.05, 0.1) is 24.4 Å². The third-order valence-electron chi connectivity index (χ3n) is 16.8. The Kier molecular flexibility index (Phi) is 17.1. The summed E-state index contributed by atoms with van der Waals surface area (Å²) in [6, 6.07) is 9.02. The molecule has 4 amide bonds. The van der Waals surface area contributed by atoms with E-state index in [4.69, 9.17) is 4.74 Å². The number of aryl methyl sites for hydroxylation is 1. The molecule has 0 spiro atoms. The van der Waals surface area contributed by atoms with Gasteiger partial charge in [-0.05, 0) is 114 Å². The zero-order valence-electron chi connectivity index (χ0n) is 43.0. The van der Waals surface area contributed by atoms with E-state index in [0.717, 1.165) is 147 Å². The quantitative estimate of drug-likeness (QED) is 0.0984. The van der Waals surface area contributed by atoms with Gasteiger partial charge < -0.3 is 30.1 Å². The lowest BCUT2D eigenvalue weighted by Crippen LogP contribution is -2.54. The first-order valence-electron chi connectivity index (χ1n) is 27.2. The number of esters is 1. The molecule has 9 rings (SSSR count). The first kappa shape index (κ1) is 51.3. The molecule has 1 unspecified atom stereocenters. The van der Waals surface area contributed by atoms with Crippen molar-refractivity contribution in [3.63, 3.8) is 0 Å². The molecule has 6 aliphatic rings. The lowest BCUT2D eigenvalue weighted by molar-refractivity contribution is -0.147. The molecule has 1 atom stereocenters. The van der Waals surface area contributed by atoms with E-state index >= 15 is 0 Å². The predicted octanol–water partition coefficient (Wildman–Crippen LogP) is 5.90. The largest absolute Gasteiger partial charge is 0.462 e. The molecule has 0 radical (unpaired) electrons. The lowest BCUT2D eigenvalue weighted by atomic mass is 9.80. The Labute approximate surface area is 425 Å². The van der Waals surface area contributed by atoms with Crippen LogP contribution in [0.4, 0.5) is 23.1 Å². The molecule has 390 valence electrons. The molecule has 18 heteroatoms. The second kappa shape index (κ2) is 23.9. The number of nitrogens with zero attached hydrogens (tertiary/aromatic N) is 10. The van der Waals surface area contributed by atoms with E-state index in [1.165, 1.54) is 36.0 Å². The highest BCUT2D eigenvalue weighted by atomic mass is 16.5. The van der Waals surface area contributed by atoms with Crippen molar-refractivity contribution in [2.24, 2.45) is 24.8 Å². The highest BCUT2D eigenvalue weighted by Gasteiger charge is 2.38. The minimum atomic E-state index is -0.449. The van der Waals surface area contributed by atoms with Crippen LogP contribution >= 0.6 is 0 Å². The molecule has 2 aromatic heterocycles. The second-order valence-electron chi connectivity index (χ2n) is 21.3. The number of hydrogen-bond acceptors (Lipinski definition) is 14. The van der Waals surface area contributed by atoms with Gasteiger partial charge in [0.15, 0.2) is 0 Å². The third kappa shape index (κ3) is 12.6. The van der Waals surface area contributed by atoms with Gasteiger partial charge in [0.25, 0.3) is 0 Å². The average molecular weight is 991 g/mol. The first-order chi connectivity index (χ1) is 35.0. The molecular formula is C54H78N12O6. The highest BCUT2D eigenvalue weighted by Crippen LogP contribution is 2.35. The summed E-state index contributed by atoms with van der Waals surface area (Å²) in [6.07, 6.45) is 19.1. The molecule has 6 heterocycles. The van der Waals surface area contributed by atoms with E-state index in [2.05, 4.69) is 74.5 Å². The molecule has 4 aliphatic heterocycles. The summed E-state index contributed by atoms with van der Waals surface area (Å²) in [6.45, 7) is 12.3. The van der Waals surface area contributed by atoms with E-state index < -0.39 is 5.97 Å². The number of aromatic nitrogens is 4. The van der Waals surface area contributed by atoms with Gasteiger partial charge in [0, 0.05) is 128 Å². The number of unbranched alkanes of at least 4 members (excludes halogenated alkanes) is 1. The molecule has 18 nitrogen and oxygen atoms in total. The van der Waals surface area contributed by atoms with Gasteiger partial charge in [0.2, 0.25) is 29.6 Å². The van der Waals surface area contributed by atoms with Crippen molar-refractivity contribution in [3.05, 3.63) is 54.0 Å². The number of carbonyl (C=O) groups excluding carboxylic acids is 5. The zero-order valence-corrected chi connectivity index (χ0v) is 43.0. The Morgan fingerprint density at radius 1 is 0.736 bits per heavy atom. The van der Waals surface area contributed by atoms with Crippen molar-refractivity contribution in [2.45, 2.75) is 121 Å². The van der Waals surface area contributed by atoms with E-state index in [9.17, 15) is 24.0 Å². The van der Waals surface area contributed by atoms with Crippen LogP contribution in [0.2, 0.25) is 0 Å². The van der Waals surface area contributed by atoms with Crippen molar-refractivity contribution >= 4 is 52.7 Å². The third-order valence-corrected chi connectivity index (χ3v) is 16.8. The Hall–Kier alpha value is -5.62. The summed E-state index contributed by atoms with van der Waals surface area (Å²) in [4.78, 5) is 87.0. The predicted molar refractivity (Wildman–Crippen MR) is 276 cm³/mol. The zero-order chi connectivity index (χ0) is 50.1. The smallest absolute Gasteiger partial charge is 0.343 e. The first-order valence-corrected chi connectivity index (χ1v) is 27.2. The van der Waals surface area contributed by atoms with Crippen LogP contribution in [0.1, 0.15) is 125 Å². The fraction of sp³-hybridized carbons (Fsp3) is 0.667. The highest BCUT2D eigenvalue weighted by molar-refractivity contribution is 6.00. The number of ether oxygens (including phenoxy) is 1. The summed E-state index contributed by atoms with van der Waals surface area (Å²) >= 11 is 0. The van der Waals surface area contributed by atoms with Gasteiger partial charge in [0.1, 0.15) is 11.4 Å². The maximum Gasteiger partial charge on any atom is 0.343 e. The van der Waals surface area contributed by atoms with Crippen LogP contribution in [0.3, 0.4) is 0 Å². The molecule has 2 saturated carbocycles. The Morgan fingerprint density at radius 2 is 1.40 bits per heavy atom. The van der Waals surface area contributed by atoms with E-state index in [0.29, 0.717) is 48.0 Å². The minimum absolute atomic E-state index is 0.0220. The number of benzene rings is 1. The average Bonchev–Trinajstić information content (AvgIpc) is 3.83. The maximum absolute atomic E-state index is 13.8.